The van der Waals surface area contributed by atoms with E-state index in [1.165, 1.54) is 6.92 Å². The molecule has 3 aromatic rings. The third kappa shape index (κ3) is 3.80. The van der Waals surface area contributed by atoms with Gasteiger partial charge in [0.25, 0.3) is 5.91 Å². The van der Waals surface area contributed by atoms with Gasteiger partial charge in [-0.3, -0.25) is 4.79 Å². The van der Waals surface area contributed by atoms with Crippen LogP contribution in [0.25, 0.3) is 10.8 Å². The second-order valence-electron chi connectivity index (χ2n) is 5.54. The summed E-state index contributed by atoms with van der Waals surface area (Å²) in [4.78, 5) is 24.7. The number of hydrogen-bond donors (Lipinski definition) is 1. The van der Waals surface area contributed by atoms with E-state index in [1.807, 2.05) is 30.3 Å². The number of para-hydroxylation sites is 1. The molecule has 0 heterocycles. The highest BCUT2D eigenvalue weighted by molar-refractivity contribution is 6.33. The lowest BCUT2D eigenvalue weighted by molar-refractivity contribution is -0.123. The lowest BCUT2D eigenvalue weighted by Crippen LogP contribution is -2.30. The third-order valence-corrected chi connectivity index (χ3v) is 4.12. The molecule has 1 atom stereocenters. The Morgan fingerprint density at radius 3 is 2.44 bits per heavy atom. The summed E-state index contributed by atoms with van der Waals surface area (Å²) in [6.45, 7) is 1.52. The van der Waals surface area contributed by atoms with E-state index in [0.29, 0.717) is 16.3 Å². The summed E-state index contributed by atoms with van der Waals surface area (Å²) in [6, 6.07) is 19.8. The SMILES string of the molecule is CC(OC(=O)c1cccc2ccccc12)C(=O)Nc1ccccc1Cl. The van der Waals surface area contributed by atoms with E-state index in [4.69, 9.17) is 16.3 Å². The summed E-state index contributed by atoms with van der Waals surface area (Å²) >= 11 is 6.02. The van der Waals surface area contributed by atoms with Crippen molar-refractivity contribution in [2.45, 2.75) is 13.0 Å². The van der Waals surface area contributed by atoms with Gasteiger partial charge < -0.3 is 10.1 Å². The van der Waals surface area contributed by atoms with Gasteiger partial charge in [0.2, 0.25) is 0 Å². The van der Waals surface area contributed by atoms with Crippen molar-refractivity contribution in [1.82, 2.24) is 0 Å². The number of rotatable bonds is 4. The van der Waals surface area contributed by atoms with E-state index in [2.05, 4.69) is 5.32 Å². The molecule has 0 spiro atoms. The van der Waals surface area contributed by atoms with Crippen molar-refractivity contribution in [3.8, 4) is 0 Å². The van der Waals surface area contributed by atoms with Crippen LogP contribution >= 0.6 is 11.6 Å². The normalized spacial score (nSPS) is 11.8. The Balaban J connectivity index is 1.74. The minimum atomic E-state index is -0.956. The maximum Gasteiger partial charge on any atom is 0.339 e. The highest BCUT2D eigenvalue weighted by Gasteiger charge is 2.20. The standard InChI is InChI=1S/C20H16ClNO3/c1-13(19(23)22-18-12-5-4-11-17(18)21)25-20(24)16-10-6-8-14-7-2-3-9-15(14)16/h2-13H,1H3,(H,22,23). The fraction of sp³-hybridized carbons (Fsp3) is 0.100. The van der Waals surface area contributed by atoms with Crippen LogP contribution in [0, 0.1) is 0 Å². The van der Waals surface area contributed by atoms with Crippen LogP contribution in [-0.2, 0) is 9.53 Å². The van der Waals surface area contributed by atoms with E-state index in [1.54, 1.807) is 36.4 Å². The van der Waals surface area contributed by atoms with E-state index in [-0.39, 0.29) is 0 Å². The topological polar surface area (TPSA) is 55.4 Å². The van der Waals surface area contributed by atoms with Crippen molar-refractivity contribution >= 4 is 39.9 Å². The molecular formula is C20H16ClNO3. The molecule has 0 radical (unpaired) electrons. The zero-order valence-corrected chi connectivity index (χ0v) is 14.3. The first-order valence-electron chi connectivity index (χ1n) is 7.80. The molecule has 0 aliphatic carbocycles. The first-order chi connectivity index (χ1) is 12.1. The molecular weight excluding hydrogens is 338 g/mol. The van der Waals surface area contributed by atoms with Crippen molar-refractivity contribution in [1.29, 1.82) is 0 Å². The minimum Gasteiger partial charge on any atom is -0.449 e. The van der Waals surface area contributed by atoms with Gasteiger partial charge in [-0.1, -0.05) is 60.1 Å². The number of nitrogens with one attached hydrogen (secondary N) is 1. The Labute approximate surface area is 150 Å². The highest BCUT2D eigenvalue weighted by Crippen LogP contribution is 2.22. The number of benzene rings is 3. The molecule has 0 aliphatic rings. The summed E-state index contributed by atoms with van der Waals surface area (Å²) in [5.41, 5.74) is 0.901. The van der Waals surface area contributed by atoms with Crippen LogP contribution < -0.4 is 5.32 Å². The first kappa shape index (κ1) is 17.0. The fourth-order valence-corrected chi connectivity index (χ4v) is 2.66. The maximum atomic E-state index is 12.5. The van der Waals surface area contributed by atoms with E-state index in [0.717, 1.165) is 10.8 Å². The second kappa shape index (κ2) is 7.36. The number of carbonyl (C=O) groups is 2. The quantitative estimate of drug-likeness (QED) is 0.693. The minimum absolute atomic E-state index is 0.420. The number of hydrogen-bond acceptors (Lipinski definition) is 3. The van der Waals surface area contributed by atoms with Gasteiger partial charge in [-0.15, -0.1) is 0 Å². The van der Waals surface area contributed by atoms with Gasteiger partial charge in [-0.05, 0) is 35.9 Å². The monoisotopic (exact) mass is 353 g/mol. The summed E-state index contributed by atoms with van der Waals surface area (Å²) in [6.07, 6.45) is -0.956. The zero-order chi connectivity index (χ0) is 17.8. The number of amides is 1. The Bertz CT molecular complexity index is 934. The molecule has 1 N–H and O–H groups in total. The molecule has 0 bridgehead atoms. The fourth-order valence-electron chi connectivity index (χ4n) is 2.48. The molecule has 3 rings (SSSR count). The number of esters is 1. The summed E-state index contributed by atoms with van der Waals surface area (Å²) in [5, 5.41) is 4.80. The van der Waals surface area contributed by atoms with Gasteiger partial charge in [0.1, 0.15) is 0 Å². The molecule has 0 aliphatic heterocycles. The van der Waals surface area contributed by atoms with Crippen LogP contribution in [0.5, 0.6) is 0 Å². The van der Waals surface area contributed by atoms with Crippen molar-refractivity contribution in [2.75, 3.05) is 5.32 Å². The zero-order valence-electron chi connectivity index (χ0n) is 13.5. The van der Waals surface area contributed by atoms with Crippen LogP contribution in [0.4, 0.5) is 5.69 Å². The van der Waals surface area contributed by atoms with E-state index < -0.39 is 18.0 Å². The number of ether oxygens (including phenoxy) is 1. The molecule has 25 heavy (non-hydrogen) atoms. The smallest absolute Gasteiger partial charge is 0.339 e. The van der Waals surface area contributed by atoms with Gasteiger partial charge in [-0.2, -0.15) is 0 Å². The maximum absolute atomic E-state index is 12.5. The molecule has 1 unspecified atom stereocenters. The van der Waals surface area contributed by atoms with Crippen LogP contribution in [0.1, 0.15) is 17.3 Å². The van der Waals surface area contributed by atoms with E-state index in [9.17, 15) is 9.59 Å². The molecule has 4 nitrogen and oxygen atoms in total. The molecule has 0 aromatic heterocycles. The molecule has 3 aromatic carbocycles. The van der Waals surface area contributed by atoms with Gasteiger partial charge in [0, 0.05) is 0 Å². The van der Waals surface area contributed by atoms with Crippen molar-refractivity contribution in [3.05, 3.63) is 77.3 Å². The predicted molar refractivity (Wildman–Crippen MR) is 98.9 cm³/mol. The van der Waals surface area contributed by atoms with Crippen molar-refractivity contribution < 1.29 is 14.3 Å². The van der Waals surface area contributed by atoms with Gasteiger partial charge in [0.15, 0.2) is 6.10 Å². The number of anilines is 1. The summed E-state index contributed by atoms with van der Waals surface area (Å²) in [5.74, 6) is -0.986. The molecule has 0 saturated carbocycles. The second-order valence-corrected chi connectivity index (χ2v) is 5.95. The average Bonchev–Trinajstić information content (AvgIpc) is 2.63. The van der Waals surface area contributed by atoms with E-state index >= 15 is 0 Å². The lowest BCUT2D eigenvalue weighted by Gasteiger charge is -2.15. The van der Waals surface area contributed by atoms with Crippen LogP contribution in [-0.4, -0.2) is 18.0 Å². The lowest BCUT2D eigenvalue weighted by atomic mass is 10.0. The summed E-state index contributed by atoms with van der Waals surface area (Å²) in [7, 11) is 0. The van der Waals surface area contributed by atoms with Crippen LogP contribution in [0.15, 0.2) is 66.7 Å². The van der Waals surface area contributed by atoms with Crippen molar-refractivity contribution in [2.24, 2.45) is 0 Å². The van der Waals surface area contributed by atoms with Crippen LogP contribution in [0.2, 0.25) is 5.02 Å². The first-order valence-corrected chi connectivity index (χ1v) is 8.18. The predicted octanol–water partition coefficient (Wildman–Crippen LogP) is 4.68. The Hall–Kier alpha value is -2.85. The Kier molecular flexibility index (Phi) is 5.00. The molecule has 0 fully saturated rings. The molecule has 0 saturated heterocycles. The number of halogens is 1. The third-order valence-electron chi connectivity index (χ3n) is 3.79. The average molecular weight is 354 g/mol. The largest absolute Gasteiger partial charge is 0.449 e. The van der Waals surface area contributed by atoms with Gasteiger partial charge in [-0.25, -0.2) is 4.79 Å². The van der Waals surface area contributed by atoms with Crippen molar-refractivity contribution in [3.63, 3.8) is 0 Å². The number of fused-ring (bicyclic) bond motifs is 1. The molecule has 5 heteroatoms. The van der Waals surface area contributed by atoms with Crippen LogP contribution in [0.3, 0.4) is 0 Å². The summed E-state index contributed by atoms with van der Waals surface area (Å²) < 4.78 is 5.32. The van der Waals surface area contributed by atoms with Gasteiger partial charge >= 0.3 is 5.97 Å². The van der Waals surface area contributed by atoms with Gasteiger partial charge in [0.05, 0.1) is 16.3 Å². The molecule has 126 valence electrons. The Morgan fingerprint density at radius 1 is 0.960 bits per heavy atom. The number of carbonyl (C=O) groups excluding carboxylic acids is 2. The molecule has 1 amide bonds. The Morgan fingerprint density at radius 2 is 1.64 bits per heavy atom. The highest BCUT2D eigenvalue weighted by atomic mass is 35.5.